The van der Waals surface area contributed by atoms with E-state index in [2.05, 4.69) is 16.0 Å². The zero-order valence-corrected chi connectivity index (χ0v) is 12.0. The number of nitrogens with two attached hydrogens (primary N) is 1. The van der Waals surface area contributed by atoms with Gasteiger partial charge in [0.15, 0.2) is 17.5 Å². The molecule has 108 valence electrons. The summed E-state index contributed by atoms with van der Waals surface area (Å²) in [7, 11) is 3.30. The minimum Gasteiger partial charge on any atom is -0.493 e. The molecule has 0 bridgehead atoms. The second-order valence-electron chi connectivity index (χ2n) is 5.42. The highest BCUT2D eigenvalue weighted by molar-refractivity contribution is 5.80. The fourth-order valence-electron chi connectivity index (χ4n) is 2.67. The van der Waals surface area contributed by atoms with Gasteiger partial charge in [-0.1, -0.05) is 6.07 Å². The molecule has 1 atom stereocenters. The van der Waals surface area contributed by atoms with Crippen molar-refractivity contribution in [3.05, 3.63) is 23.8 Å². The van der Waals surface area contributed by atoms with Gasteiger partial charge in [-0.25, -0.2) is 0 Å². The SMILES string of the molecule is COc1ccc(C2CN=C(N)N2CC2CC2)cc1OC. The van der Waals surface area contributed by atoms with Crippen molar-refractivity contribution in [2.45, 2.75) is 18.9 Å². The Morgan fingerprint density at radius 2 is 2.00 bits per heavy atom. The van der Waals surface area contributed by atoms with Gasteiger partial charge in [-0.2, -0.15) is 0 Å². The maximum absolute atomic E-state index is 6.03. The number of rotatable bonds is 5. The van der Waals surface area contributed by atoms with E-state index >= 15 is 0 Å². The number of methoxy groups -OCH3 is 2. The summed E-state index contributed by atoms with van der Waals surface area (Å²) in [5.41, 5.74) is 7.20. The average Bonchev–Trinajstić information content (AvgIpc) is 3.22. The molecule has 1 aromatic carbocycles. The van der Waals surface area contributed by atoms with Crippen LogP contribution in [0.25, 0.3) is 0 Å². The van der Waals surface area contributed by atoms with Crippen LogP contribution in [0, 0.1) is 5.92 Å². The third-order valence-corrected chi connectivity index (χ3v) is 4.04. The molecule has 1 aliphatic carbocycles. The van der Waals surface area contributed by atoms with Crippen LogP contribution < -0.4 is 15.2 Å². The smallest absolute Gasteiger partial charge is 0.191 e. The summed E-state index contributed by atoms with van der Waals surface area (Å²) in [4.78, 5) is 6.62. The minimum atomic E-state index is 0.218. The lowest BCUT2D eigenvalue weighted by Gasteiger charge is -2.27. The van der Waals surface area contributed by atoms with E-state index in [1.54, 1.807) is 14.2 Å². The molecule has 1 saturated carbocycles. The van der Waals surface area contributed by atoms with Crippen LogP contribution in [0.2, 0.25) is 0 Å². The molecule has 0 spiro atoms. The predicted molar refractivity (Wildman–Crippen MR) is 78.2 cm³/mol. The molecule has 5 nitrogen and oxygen atoms in total. The molecule has 2 aliphatic rings. The lowest BCUT2D eigenvalue weighted by Crippen LogP contribution is -2.37. The minimum absolute atomic E-state index is 0.218. The van der Waals surface area contributed by atoms with Crippen LogP contribution in [-0.4, -0.2) is 38.2 Å². The van der Waals surface area contributed by atoms with Gasteiger partial charge in [-0.05, 0) is 36.5 Å². The monoisotopic (exact) mass is 275 g/mol. The standard InChI is InChI=1S/C15H21N3O2/c1-19-13-6-5-11(7-14(13)20-2)12-8-17-15(16)18(12)9-10-3-4-10/h5-7,10,12H,3-4,8-9H2,1-2H3,(H2,16,17). The summed E-state index contributed by atoms with van der Waals surface area (Å²) in [6, 6.07) is 6.26. The van der Waals surface area contributed by atoms with Gasteiger partial charge in [0.1, 0.15) is 0 Å². The molecule has 1 aliphatic heterocycles. The average molecular weight is 275 g/mol. The first-order valence-electron chi connectivity index (χ1n) is 7.01. The number of hydrogen-bond donors (Lipinski definition) is 1. The van der Waals surface area contributed by atoms with Crippen LogP contribution in [-0.2, 0) is 0 Å². The summed E-state index contributed by atoms with van der Waals surface area (Å²) < 4.78 is 10.7. The fraction of sp³-hybridized carbons (Fsp3) is 0.533. The molecule has 2 N–H and O–H groups in total. The number of aliphatic imine (C=N–C) groups is 1. The Morgan fingerprint density at radius 1 is 1.25 bits per heavy atom. The van der Waals surface area contributed by atoms with Crippen molar-refractivity contribution < 1.29 is 9.47 Å². The van der Waals surface area contributed by atoms with Crippen molar-refractivity contribution >= 4 is 5.96 Å². The molecular formula is C15H21N3O2. The van der Waals surface area contributed by atoms with E-state index in [1.807, 2.05) is 12.1 Å². The Labute approximate surface area is 119 Å². The molecule has 0 amide bonds. The van der Waals surface area contributed by atoms with Crippen molar-refractivity contribution in [2.24, 2.45) is 16.6 Å². The summed E-state index contributed by atoms with van der Waals surface area (Å²) in [6.45, 7) is 1.72. The number of benzene rings is 1. The second kappa shape index (κ2) is 5.23. The van der Waals surface area contributed by atoms with Gasteiger partial charge < -0.3 is 20.1 Å². The van der Waals surface area contributed by atoms with Crippen LogP contribution in [0.15, 0.2) is 23.2 Å². The quantitative estimate of drug-likeness (QED) is 0.890. The van der Waals surface area contributed by atoms with Gasteiger partial charge in [0.2, 0.25) is 0 Å². The largest absolute Gasteiger partial charge is 0.493 e. The zero-order valence-electron chi connectivity index (χ0n) is 12.0. The van der Waals surface area contributed by atoms with Gasteiger partial charge in [0.05, 0.1) is 26.8 Å². The third-order valence-electron chi connectivity index (χ3n) is 4.04. The Bertz CT molecular complexity index is 526. The highest BCUT2D eigenvalue weighted by atomic mass is 16.5. The van der Waals surface area contributed by atoms with Crippen LogP contribution in [0.1, 0.15) is 24.4 Å². The van der Waals surface area contributed by atoms with Crippen molar-refractivity contribution in [1.29, 1.82) is 0 Å². The Morgan fingerprint density at radius 3 is 2.65 bits per heavy atom. The molecule has 1 unspecified atom stereocenters. The third kappa shape index (κ3) is 2.40. The second-order valence-corrected chi connectivity index (χ2v) is 5.42. The van der Waals surface area contributed by atoms with Crippen molar-refractivity contribution in [2.75, 3.05) is 27.3 Å². The molecular weight excluding hydrogens is 254 g/mol. The lowest BCUT2D eigenvalue weighted by atomic mass is 10.1. The first kappa shape index (κ1) is 13.1. The van der Waals surface area contributed by atoms with Crippen LogP contribution in [0.5, 0.6) is 11.5 Å². The van der Waals surface area contributed by atoms with Crippen molar-refractivity contribution in [3.63, 3.8) is 0 Å². The molecule has 20 heavy (non-hydrogen) atoms. The van der Waals surface area contributed by atoms with Crippen LogP contribution >= 0.6 is 0 Å². The van der Waals surface area contributed by atoms with Gasteiger partial charge in [0, 0.05) is 6.54 Å². The molecule has 5 heteroatoms. The molecule has 1 fully saturated rings. The van der Waals surface area contributed by atoms with E-state index < -0.39 is 0 Å². The van der Waals surface area contributed by atoms with E-state index in [4.69, 9.17) is 15.2 Å². The van der Waals surface area contributed by atoms with Gasteiger partial charge in [-0.3, -0.25) is 4.99 Å². The Kier molecular flexibility index (Phi) is 3.42. The fourth-order valence-corrected chi connectivity index (χ4v) is 2.67. The maximum atomic E-state index is 6.03. The van der Waals surface area contributed by atoms with E-state index in [0.29, 0.717) is 12.5 Å². The first-order valence-corrected chi connectivity index (χ1v) is 7.01. The first-order chi connectivity index (χ1) is 9.72. The number of hydrogen-bond acceptors (Lipinski definition) is 5. The van der Waals surface area contributed by atoms with E-state index in [9.17, 15) is 0 Å². The van der Waals surface area contributed by atoms with Crippen LogP contribution in [0.4, 0.5) is 0 Å². The van der Waals surface area contributed by atoms with Gasteiger partial charge in [0.25, 0.3) is 0 Å². The number of ether oxygens (including phenoxy) is 2. The Hall–Kier alpha value is -1.91. The normalized spacial score (nSPS) is 21.8. The van der Waals surface area contributed by atoms with Gasteiger partial charge in [-0.15, -0.1) is 0 Å². The summed E-state index contributed by atoms with van der Waals surface area (Å²) in [5, 5.41) is 0. The van der Waals surface area contributed by atoms with Crippen molar-refractivity contribution in [3.8, 4) is 11.5 Å². The molecule has 1 aromatic rings. The molecule has 1 heterocycles. The highest BCUT2D eigenvalue weighted by Crippen LogP contribution is 2.37. The zero-order chi connectivity index (χ0) is 14.1. The Balaban J connectivity index is 1.84. The summed E-state index contributed by atoms with van der Waals surface area (Å²) >= 11 is 0. The molecule has 0 radical (unpaired) electrons. The molecule has 0 saturated heterocycles. The van der Waals surface area contributed by atoms with E-state index in [-0.39, 0.29) is 6.04 Å². The van der Waals surface area contributed by atoms with E-state index in [0.717, 1.165) is 24.0 Å². The summed E-state index contributed by atoms with van der Waals surface area (Å²) in [6.07, 6.45) is 2.62. The number of guanidine groups is 1. The lowest BCUT2D eigenvalue weighted by molar-refractivity contribution is 0.328. The number of nitrogens with zero attached hydrogens (tertiary/aromatic N) is 2. The van der Waals surface area contributed by atoms with E-state index in [1.165, 1.54) is 18.4 Å². The van der Waals surface area contributed by atoms with Crippen LogP contribution in [0.3, 0.4) is 0 Å². The topological polar surface area (TPSA) is 60.1 Å². The highest BCUT2D eigenvalue weighted by Gasteiger charge is 2.33. The van der Waals surface area contributed by atoms with Crippen molar-refractivity contribution in [1.82, 2.24) is 4.90 Å². The maximum Gasteiger partial charge on any atom is 0.191 e. The molecule has 3 rings (SSSR count). The van der Waals surface area contributed by atoms with Gasteiger partial charge >= 0.3 is 0 Å². The summed E-state index contributed by atoms with van der Waals surface area (Å²) in [5.74, 6) is 2.94. The molecule has 0 aromatic heterocycles. The predicted octanol–water partition coefficient (Wildman–Crippen LogP) is 1.79.